The topological polar surface area (TPSA) is 97.4 Å². The number of thiazole rings is 1. The minimum Gasteiger partial charge on any atom is -0.455 e. The van der Waals surface area contributed by atoms with Crippen LogP contribution in [0.3, 0.4) is 0 Å². The summed E-state index contributed by atoms with van der Waals surface area (Å²) in [6.07, 6.45) is 1.83. The molecule has 1 aliphatic rings. The molecule has 1 fully saturated rings. The van der Waals surface area contributed by atoms with Gasteiger partial charge in [0.05, 0.1) is 12.1 Å². The van der Waals surface area contributed by atoms with Crippen LogP contribution in [-0.4, -0.2) is 35.5 Å². The van der Waals surface area contributed by atoms with Gasteiger partial charge in [0.25, 0.3) is 5.91 Å². The van der Waals surface area contributed by atoms with Crippen molar-refractivity contribution in [2.24, 2.45) is 0 Å². The molecular formula is C18H19N3O4S. The third kappa shape index (κ3) is 5.38. The van der Waals surface area contributed by atoms with E-state index >= 15 is 0 Å². The van der Waals surface area contributed by atoms with Crippen molar-refractivity contribution >= 4 is 29.2 Å². The largest absolute Gasteiger partial charge is 0.455 e. The molecule has 3 amide bonds. The highest BCUT2D eigenvalue weighted by molar-refractivity contribution is 7.13. The second-order valence-electron chi connectivity index (χ2n) is 6.15. The van der Waals surface area contributed by atoms with Gasteiger partial charge in [0.1, 0.15) is 5.01 Å². The summed E-state index contributed by atoms with van der Waals surface area (Å²) in [5.41, 5.74) is 2.72. The highest BCUT2D eigenvalue weighted by Crippen LogP contribution is 2.24. The molecule has 0 saturated heterocycles. The SMILES string of the molecule is Cc1cccc(-c2nc(CC(=O)OCC(=O)NC(=O)NC3CC3)cs2)c1. The second-order valence-corrected chi connectivity index (χ2v) is 7.00. The third-order valence-electron chi connectivity index (χ3n) is 3.67. The first-order valence-electron chi connectivity index (χ1n) is 8.27. The molecule has 0 bridgehead atoms. The van der Waals surface area contributed by atoms with Gasteiger partial charge >= 0.3 is 12.0 Å². The number of carbonyl (C=O) groups excluding carboxylic acids is 3. The molecule has 2 aromatic rings. The van der Waals surface area contributed by atoms with Crippen LogP contribution in [0.15, 0.2) is 29.6 Å². The van der Waals surface area contributed by atoms with Gasteiger partial charge < -0.3 is 10.1 Å². The van der Waals surface area contributed by atoms with Gasteiger partial charge in [0.15, 0.2) is 6.61 Å². The lowest BCUT2D eigenvalue weighted by Crippen LogP contribution is -2.42. The molecule has 1 saturated carbocycles. The Kier molecular flexibility index (Phi) is 5.62. The van der Waals surface area contributed by atoms with Crippen molar-refractivity contribution in [3.8, 4) is 10.6 Å². The van der Waals surface area contributed by atoms with Gasteiger partial charge in [0, 0.05) is 17.0 Å². The van der Waals surface area contributed by atoms with Gasteiger partial charge in [-0.3, -0.25) is 14.9 Å². The number of benzene rings is 1. The third-order valence-corrected chi connectivity index (χ3v) is 4.61. The van der Waals surface area contributed by atoms with Crippen molar-refractivity contribution in [2.45, 2.75) is 32.2 Å². The van der Waals surface area contributed by atoms with E-state index in [4.69, 9.17) is 4.74 Å². The lowest BCUT2D eigenvalue weighted by Gasteiger charge is -2.06. The van der Waals surface area contributed by atoms with Crippen LogP contribution in [0.4, 0.5) is 4.79 Å². The van der Waals surface area contributed by atoms with Gasteiger partial charge in [-0.2, -0.15) is 0 Å². The van der Waals surface area contributed by atoms with Crippen molar-refractivity contribution in [1.82, 2.24) is 15.6 Å². The van der Waals surface area contributed by atoms with Crippen LogP contribution in [0.5, 0.6) is 0 Å². The summed E-state index contributed by atoms with van der Waals surface area (Å²) >= 11 is 1.45. The molecule has 2 N–H and O–H groups in total. The van der Waals surface area contributed by atoms with Crippen LogP contribution in [0.1, 0.15) is 24.1 Å². The Bertz CT molecular complexity index is 829. The molecule has 26 heavy (non-hydrogen) atoms. The Labute approximate surface area is 154 Å². The zero-order valence-corrected chi connectivity index (χ0v) is 15.1. The van der Waals surface area contributed by atoms with Crippen LogP contribution in [0, 0.1) is 6.92 Å². The quantitative estimate of drug-likeness (QED) is 0.757. The Morgan fingerprint density at radius 2 is 2.12 bits per heavy atom. The summed E-state index contributed by atoms with van der Waals surface area (Å²) in [5.74, 6) is -1.22. The standard InChI is InChI=1S/C18H19N3O4S/c1-11-3-2-4-12(7-11)17-19-14(10-26-17)8-16(23)25-9-15(22)21-18(24)20-13-5-6-13/h2-4,7,10,13H,5-6,8-9H2,1H3,(H2,20,21,22,24). The normalized spacial score (nSPS) is 13.1. The predicted octanol–water partition coefficient (Wildman–Crippen LogP) is 2.19. The number of aromatic nitrogens is 1. The van der Waals surface area contributed by atoms with E-state index in [-0.39, 0.29) is 12.5 Å². The molecule has 1 aromatic heterocycles. The number of hydrogen-bond donors (Lipinski definition) is 2. The molecule has 0 spiro atoms. The second kappa shape index (κ2) is 8.09. The first-order chi connectivity index (χ1) is 12.5. The summed E-state index contributed by atoms with van der Waals surface area (Å²) in [4.78, 5) is 39.3. The maximum atomic E-state index is 11.9. The molecule has 0 atom stereocenters. The van der Waals surface area contributed by atoms with E-state index in [0.717, 1.165) is 29.0 Å². The minimum absolute atomic E-state index is 0.0239. The smallest absolute Gasteiger partial charge is 0.321 e. The number of nitrogens with one attached hydrogen (secondary N) is 2. The molecule has 1 aromatic carbocycles. The number of urea groups is 1. The van der Waals surface area contributed by atoms with Crippen LogP contribution < -0.4 is 10.6 Å². The fraction of sp³-hybridized carbons (Fsp3) is 0.333. The van der Waals surface area contributed by atoms with Crippen molar-refractivity contribution in [1.29, 1.82) is 0 Å². The average molecular weight is 373 g/mol. The number of rotatable bonds is 6. The highest BCUT2D eigenvalue weighted by atomic mass is 32.1. The molecule has 0 unspecified atom stereocenters. The van der Waals surface area contributed by atoms with Crippen LogP contribution >= 0.6 is 11.3 Å². The fourth-order valence-corrected chi connectivity index (χ4v) is 3.07. The highest BCUT2D eigenvalue weighted by Gasteiger charge is 2.24. The maximum Gasteiger partial charge on any atom is 0.321 e. The number of aryl methyl sites for hydroxylation is 1. The Hall–Kier alpha value is -2.74. The number of ether oxygens (including phenoxy) is 1. The molecular weight excluding hydrogens is 354 g/mol. The predicted molar refractivity (Wildman–Crippen MR) is 96.6 cm³/mol. The van der Waals surface area contributed by atoms with Crippen LogP contribution in [-0.2, 0) is 20.7 Å². The van der Waals surface area contributed by atoms with Crippen molar-refractivity contribution in [2.75, 3.05) is 6.61 Å². The van der Waals surface area contributed by atoms with Gasteiger partial charge in [0.2, 0.25) is 0 Å². The van der Waals surface area contributed by atoms with Gasteiger partial charge in [-0.15, -0.1) is 11.3 Å². The zero-order valence-electron chi connectivity index (χ0n) is 14.3. The molecule has 0 aliphatic heterocycles. The van der Waals surface area contributed by atoms with E-state index in [1.807, 2.05) is 31.2 Å². The molecule has 3 rings (SSSR count). The average Bonchev–Trinajstić information content (AvgIpc) is 3.28. The van der Waals surface area contributed by atoms with E-state index in [1.54, 1.807) is 5.38 Å². The lowest BCUT2D eigenvalue weighted by molar-refractivity contribution is -0.147. The number of hydrogen-bond acceptors (Lipinski definition) is 6. The number of esters is 1. The molecule has 1 aliphatic carbocycles. The van der Waals surface area contributed by atoms with E-state index in [0.29, 0.717) is 5.69 Å². The zero-order chi connectivity index (χ0) is 18.5. The molecule has 8 heteroatoms. The lowest BCUT2D eigenvalue weighted by atomic mass is 10.1. The van der Waals surface area contributed by atoms with E-state index in [9.17, 15) is 14.4 Å². The Balaban J connectivity index is 1.44. The molecule has 7 nitrogen and oxygen atoms in total. The number of nitrogens with zero attached hydrogens (tertiary/aromatic N) is 1. The first kappa shape index (κ1) is 18.1. The number of amides is 3. The molecule has 1 heterocycles. The van der Waals surface area contributed by atoms with E-state index in [2.05, 4.69) is 15.6 Å². The molecule has 136 valence electrons. The van der Waals surface area contributed by atoms with E-state index < -0.39 is 24.5 Å². The van der Waals surface area contributed by atoms with Crippen LogP contribution in [0.2, 0.25) is 0 Å². The van der Waals surface area contributed by atoms with Gasteiger partial charge in [-0.25, -0.2) is 9.78 Å². The Morgan fingerprint density at radius 1 is 1.31 bits per heavy atom. The van der Waals surface area contributed by atoms with Crippen LogP contribution in [0.25, 0.3) is 10.6 Å². The maximum absolute atomic E-state index is 11.9. The fourth-order valence-electron chi connectivity index (χ4n) is 2.26. The first-order valence-corrected chi connectivity index (χ1v) is 9.15. The molecule has 0 radical (unpaired) electrons. The van der Waals surface area contributed by atoms with Gasteiger partial charge in [-0.05, 0) is 25.8 Å². The summed E-state index contributed by atoms with van der Waals surface area (Å²) in [7, 11) is 0. The summed E-state index contributed by atoms with van der Waals surface area (Å²) < 4.78 is 4.90. The summed E-state index contributed by atoms with van der Waals surface area (Å²) in [6.45, 7) is 1.51. The van der Waals surface area contributed by atoms with Gasteiger partial charge in [-0.1, -0.05) is 23.8 Å². The summed E-state index contributed by atoms with van der Waals surface area (Å²) in [6, 6.07) is 7.54. The number of carbonyl (C=O) groups is 3. The Morgan fingerprint density at radius 3 is 2.85 bits per heavy atom. The van der Waals surface area contributed by atoms with Crippen molar-refractivity contribution in [3.05, 3.63) is 40.9 Å². The number of imide groups is 1. The van der Waals surface area contributed by atoms with Crippen molar-refractivity contribution < 1.29 is 19.1 Å². The summed E-state index contributed by atoms with van der Waals surface area (Å²) in [5, 5.41) is 7.35. The monoisotopic (exact) mass is 373 g/mol. The van der Waals surface area contributed by atoms with Crippen molar-refractivity contribution in [3.63, 3.8) is 0 Å². The van der Waals surface area contributed by atoms with E-state index in [1.165, 1.54) is 11.3 Å². The minimum atomic E-state index is -0.657.